The Morgan fingerprint density at radius 3 is 3.00 bits per heavy atom. The van der Waals surface area contributed by atoms with Crippen LogP contribution in [-0.2, 0) is 4.79 Å². The average Bonchev–Trinajstić information content (AvgIpc) is 2.70. The summed E-state index contributed by atoms with van der Waals surface area (Å²) in [6.07, 6.45) is 6.84. The van der Waals surface area contributed by atoms with Gasteiger partial charge in [0, 0.05) is 18.9 Å². The predicted molar refractivity (Wildman–Crippen MR) is 61.1 cm³/mol. The van der Waals surface area contributed by atoms with Gasteiger partial charge in [0.25, 0.3) is 0 Å². The highest BCUT2D eigenvalue weighted by molar-refractivity contribution is 6.28. The minimum Gasteiger partial charge on any atom is -0.294 e. The zero-order valence-electron chi connectivity index (χ0n) is 8.72. The molecule has 84 valence electrons. The number of halogens is 1. The van der Waals surface area contributed by atoms with Crippen molar-refractivity contribution in [2.45, 2.75) is 6.42 Å². The number of aromatic nitrogens is 2. The lowest BCUT2D eigenvalue weighted by atomic mass is 10.1. The number of carbonyl (C=O) groups is 1. The van der Waals surface area contributed by atoms with E-state index < -0.39 is 0 Å². The molecule has 0 aromatic carbocycles. The van der Waals surface area contributed by atoms with Crippen LogP contribution in [0.1, 0.15) is 12.0 Å². The van der Waals surface area contributed by atoms with Gasteiger partial charge >= 0.3 is 0 Å². The predicted octanol–water partition coefficient (Wildman–Crippen LogP) is 0.988. The highest BCUT2D eigenvalue weighted by Gasteiger charge is 2.32. The number of rotatable bonds is 1. The zero-order valence-corrected chi connectivity index (χ0v) is 9.48. The van der Waals surface area contributed by atoms with Gasteiger partial charge in [-0.1, -0.05) is 0 Å². The third kappa shape index (κ3) is 2.06. The number of carbonyl (C=O) groups excluding carboxylic acids is 1. The van der Waals surface area contributed by atoms with Crippen LogP contribution >= 0.6 is 11.6 Å². The minimum absolute atomic E-state index is 0.00374. The molecule has 1 aliphatic heterocycles. The van der Waals surface area contributed by atoms with Crippen molar-refractivity contribution in [2.24, 2.45) is 5.92 Å². The van der Waals surface area contributed by atoms with E-state index in [4.69, 9.17) is 23.3 Å². The summed E-state index contributed by atoms with van der Waals surface area (Å²) in [6, 6.07) is 1.92. The van der Waals surface area contributed by atoms with Crippen LogP contribution in [-0.4, -0.2) is 22.4 Å². The van der Waals surface area contributed by atoms with Gasteiger partial charge in [0.15, 0.2) is 5.82 Å². The average molecular weight is 247 g/mol. The standard InChI is InChI=1S/C11H7ClN4O/c1-2-7-3-9(17)16(6-7)10-8(4-13)5-14-11(12)15-10/h1,5,7H,3,6H2. The van der Waals surface area contributed by atoms with Gasteiger partial charge in [-0.2, -0.15) is 10.2 Å². The summed E-state index contributed by atoms with van der Waals surface area (Å²) in [5.74, 6) is 2.45. The van der Waals surface area contributed by atoms with Gasteiger partial charge in [-0.3, -0.25) is 9.69 Å². The van der Waals surface area contributed by atoms with E-state index in [2.05, 4.69) is 15.9 Å². The summed E-state index contributed by atoms with van der Waals surface area (Å²) >= 11 is 5.66. The molecular weight excluding hydrogens is 240 g/mol. The lowest BCUT2D eigenvalue weighted by Gasteiger charge is -2.15. The van der Waals surface area contributed by atoms with E-state index in [1.54, 1.807) is 0 Å². The maximum absolute atomic E-state index is 11.7. The Morgan fingerprint density at radius 2 is 2.41 bits per heavy atom. The van der Waals surface area contributed by atoms with Crippen LogP contribution in [0.25, 0.3) is 0 Å². The first-order chi connectivity index (χ1) is 8.15. The van der Waals surface area contributed by atoms with Crippen molar-refractivity contribution in [3.05, 3.63) is 17.0 Å². The number of amides is 1. The van der Waals surface area contributed by atoms with Gasteiger partial charge in [0.1, 0.15) is 11.6 Å². The first-order valence-corrected chi connectivity index (χ1v) is 5.22. The number of nitriles is 1. The van der Waals surface area contributed by atoms with E-state index >= 15 is 0 Å². The molecule has 1 atom stereocenters. The number of terminal acetylenes is 1. The first kappa shape index (κ1) is 11.4. The third-order valence-electron chi connectivity index (χ3n) is 2.48. The maximum Gasteiger partial charge on any atom is 0.229 e. The number of hydrogen-bond acceptors (Lipinski definition) is 4. The van der Waals surface area contributed by atoms with Crippen molar-refractivity contribution >= 4 is 23.3 Å². The molecule has 0 radical (unpaired) electrons. The lowest BCUT2D eigenvalue weighted by molar-refractivity contribution is -0.117. The molecule has 1 aromatic rings. The summed E-state index contributed by atoms with van der Waals surface area (Å²) < 4.78 is 0. The zero-order chi connectivity index (χ0) is 12.4. The van der Waals surface area contributed by atoms with Crippen molar-refractivity contribution in [2.75, 3.05) is 11.4 Å². The summed E-state index contributed by atoms with van der Waals surface area (Å²) in [5, 5.41) is 8.92. The molecule has 1 unspecified atom stereocenters. The Hall–Kier alpha value is -2.11. The molecule has 0 bridgehead atoms. The van der Waals surface area contributed by atoms with Crippen molar-refractivity contribution in [1.82, 2.24) is 9.97 Å². The number of anilines is 1. The quantitative estimate of drug-likeness (QED) is 0.547. The van der Waals surface area contributed by atoms with Crippen molar-refractivity contribution in [3.8, 4) is 18.4 Å². The minimum atomic E-state index is -0.154. The van der Waals surface area contributed by atoms with Gasteiger partial charge in [0.05, 0.1) is 6.20 Å². The fourth-order valence-corrected chi connectivity index (χ4v) is 1.79. The fourth-order valence-electron chi connectivity index (χ4n) is 1.66. The van der Waals surface area contributed by atoms with E-state index in [1.807, 2.05) is 6.07 Å². The second kappa shape index (κ2) is 4.40. The number of hydrogen-bond donors (Lipinski definition) is 0. The van der Waals surface area contributed by atoms with Crippen LogP contribution in [0.5, 0.6) is 0 Å². The topological polar surface area (TPSA) is 69.9 Å². The second-order valence-electron chi connectivity index (χ2n) is 3.56. The molecule has 0 saturated carbocycles. The number of nitrogens with zero attached hydrogens (tertiary/aromatic N) is 4. The Kier molecular flexibility index (Phi) is 2.95. The van der Waals surface area contributed by atoms with Crippen LogP contribution < -0.4 is 4.90 Å². The molecule has 2 heterocycles. The molecule has 1 aromatic heterocycles. The van der Waals surface area contributed by atoms with E-state index in [0.717, 1.165) is 0 Å². The molecule has 1 fully saturated rings. The lowest BCUT2D eigenvalue weighted by Crippen LogP contribution is -2.26. The molecule has 2 rings (SSSR count). The van der Waals surface area contributed by atoms with Crippen molar-refractivity contribution in [3.63, 3.8) is 0 Å². The molecule has 0 aliphatic carbocycles. The first-order valence-electron chi connectivity index (χ1n) is 4.85. The second-order valence-corrected chi connectivity index (χ2v) is 3.90. The van der Waals surface area contributed by atoms with Crippen LogP contribution in [0, 0.1) is 29.6 Å². The van der Waals surface area contributed by atoms with Gasteiger partial charge in [0.2, 0.25) is 11.2 Å². The van der Waals surface area contributed by atoms with Gasteiger partial charge in [-0.05, 0) is 11.6 Å². The normalized spacial score (nSPS) is 18.9. The summed E-state index contributed by atoms with van der Waals surface area (Å²) in [4.78, 5) is 20.7. The Balaban J connectivity index is 2.42. The molecule has 1 saturated heterocycles. The maximum atomic E-state index is 11.7. The van der Waals surface area contributed by atoms with Crippen LogP contribution in [0.2, 0.25) is 5.28 Å². The van der Waals surface area contributed by atoms with E-state index in [0.29, 0.717) is 6.54 Å². The summed E-state index contributed by atoms with van der Waals surface area (Å²) in [7, 11) is 0. The molecular formula is C11H7ClN4O. The molecule has 0 N–H and O–H groups in total. The van der Waals surface area contributed by atoms with Crippen LogP contribution in [0.3, 0.4) is 0 Å². The highest BCUT2D eigenvalue weighted by Crippen LogP contribution is 2.26. The van der Waals surface area contributed by atoms with Crippen molar-refractivity contribution < 1.29 is 4.79 Å². The van der Waals surface area contributed by atoms with Gasteiger partial charge in [-0.25, -0.2) is 4.98 Å². The smallest absolute Gasteiger partial charge is 0.229 e. The van der Waals surface area contributed by atoms with Crippen LogP contribution in [0.15, 0.2) is 6.20 Å². The Bertz CT molecular complexity index is 558. The molecule has 5 nitrogen and oxygen atoms in total. The Morgan fingerprint density at radius 1 is 1.65 bits per heavy atom. The molecule has 0 spiro atoms. The van der Waals surface area contributed by atoms with Gasteiger partial charge < -0.3 is 0 Å². The third-order valence-corrected chi connectivity index (χ3v) is 2.66. The molecule has 1 aliphatic rings. The largest absolute Gasteiger partial charge is 0.294 e. The molecule has 1 amide bonds. The van der Waals surface area contributed by atoms with E-state index in [-0.39, 0.29) is 34.9 Å². The fraction of sp³-hybridized carbons (Fsp3) is 0.273. The molecule has 6 heteroatoms. The highest BCUT2D eigenvalue weighted by atomic mass is 35.5. The SMILES string of the molecule is C#CC1CC(=O)N(c2nc(Cl)ncc2C#N)C1. The summed E-state index contributed by atoms with van der Waals surface area (Å²) in [5.41, 5.74) is 0.209. The van der Waals surface area contributed by atoms with Crippen LogP contribution in [0.4, 0.5) is 5.82 Å². The van der Waals surface area contributed by atoms with Gasteiger partial charge in [-0.15, -0.1) is 12.3 Å². The monoisotopic (exact) mass is 246 g/mol. The van der Waals surface area contributed by atoms with E-state index in [9.17, 15) is 4.79 Å². The summed E-state index contributed by atoms with van der Waals surface area (Å²) in [6.45, 7) is 0.358. The van der Waals surface area contributed by atoms with Crippen molar-refractivity contribution in [1.29, 1.82) is 5.26 Å². The molecule has 17 heavy (non-hydrogen) atoms. The Labute approximate surface area is 103 Å². The van der Waals surface area contributed by atoms with E-state index in [1.165, 1.54) is 11.1 Å².